The van der Waals surface area contributed by atoms with Gasteiger partial charge in [-0.05, 0) is 38.0 Å². The monoisotopic (exact) mass is 575 g/mol. The summed E-state index contributed by atoms with van der Waals surface area (Å²) >= 11 is 6.40. The van der Waals surface area contributed by atoms with Crippen molar-refractivity contribution < 1.29 is 22.8 Å². The molecular formula is C25H25ClF3N9O2. The predicted octanol–water partition coefficient (Wildman–Crippen LogP) is 3.60. The van der Waals surface area contributed by atoms with E-state index in [4.69, 9.17) is 17.3 Å². The number of aromatic amines is 1. The highest BCUT2D eigenvalue weighted by atomic mass is 35.5. The van der Waals surface area contributed by atoms with Gasteiger partial charge in [0.05, 0.1) is 34.2 Å². The topological polar surface area (TPSA) is 146 Å². The number of amides is 2. The van der Waals surface area contributed by atoms with Crippen molar-refractivity contribution in [1.29, 1.82) is 0 Å². The van der Waals surface area contributed by atoms with Gasteiger partial charge in [0.15, 0.2) is 11.5 Å². The summed E-state index contributed by atoms with van der Waals surface area (Å²) in [6, 6.07) is 3.92. The summed E-state index contributed by atoms with van der Waals surface area (Å²) in [6.45, 7) is 2.71. The van der Waals surface area contributed by atoms with Crippen LogP contribution in [0.15, 0.2) is 43.0 Å². The fourth-order valence-electron chi connectivity index (χ4n) is 4.55. The van der Waals surface area contributed by atoms with Gasteiger partial charge < -0.3 is 21.3 Å². The standard InChI is InChI=1S/C25H25ClF3N9O2/c1-13(24(40)37-7-4-14(30)5-8-37)34-23(39)16-3-2-15(10-18(16)26)35-21-22-32-12-19(38(22)9-6-31-21)17-11-33-36-20(17)25(27,28)29/h2-3,6,9-14H,4-5,7-8,30H2,1H3,(H,31,35)(H,33,36)(H,34,39)/t13-/m0/s1. The predicted molar refractivity (Wildman–Crippen MR) is 141 cm³/mol. The van der Waals surface area contributed by atoms with E-state index in [1.165, 1.54) is 35.1 Å². The normalized spacial score (nSPS) is 15.3. The molecule has 40 heavy (non-hydrogen) atoms. The number of anilines is 2. The molecule has 1 aliphatic heterocycles. The van der Waals surface area contributed by atoms with Crippen molar-refractivity contribution in [2.75, 3.05) is 18.4 Å². The van der Waals surface area contributed by atoms with E-state index in [9.17, 15) is 22.8 Å². The van der Waals surface area contributed by atoms with Crippen LogP contribution in [0.4, 0.5) is 24.7 Å². The van der Waals surface area contributed by atoms with Crippen molar-refractivity contribution >= 4 is 40.6 Å². The molecule has 0 saturated carbocycles. The Bertz CT molecular complexity index is 1560. The minimum atomic E-state index is -4.62. The van der Waals surface area contributed by atoms with Crippen molar-refractivity contribution in [3.63, 3.8) is 0 Å². The Morgan fingerprint density at radius 1 is 1.20 bits per heavy atom. The van der Waals surface area contributed by atoms with Crippen molar-refractivity contribution in [2.45, 2.75) is 38.0 Å². The van der Waals surface area contributed by atoms with Crippen LogP contribution >= 0.6 is 11.6 Å². The molecule has 1 fully saturated rings. The number of hydrogen-bond donors (Lipinski definition) is 4. The van der Waals surface area contributed by atoms with E-state index in [1.54, 1.807) is 17.9 Å². The van der Waals surface area contributed by atoms with Gasteiger partial charge in [-0.15, -0.1) is 0 Å². The van der Waals surface area contributed by atoms with Gasteiger partial charge >= 0.3 is 6.18 Å². The van der Waals surface area contributed by atoms with Gasteiger partial charge in [-0.1, -0.05) is 11.6 Å². The molecule has 1 aliphatic rings. The van der Waals surface area contributed by atoms with Crippen LogP contribution in [0, 0.1) is 0 Å². The Morgan fingerprint density at radius 3 is 2.65 bits per heavy atom. The smallest absolute Gasteiger partial charge is 0.341 e. The molecule has 3 aromatic heterocycles. The summed E-state index contributed by atoms with van der Waals surface area (Å²) in [4.78, 5) is 35.8. The van der Waals surface area contributed by atoms with Crippen LogP contribution in [-0.2, 0) is 11.0 Å². The van der Waals surface area contributed by atoms with Crippen molar-refractivity contribution in [1.82, 2.24) is 34.8 Å². The van der Waals surface area contributed by atoms with Gasteiger partial charge in [-0.25, -0.2) is 9.97 Å². The Hall–Kier alpha value is -4.17. The zero-order chi connectivity index (χ0) is 28.6. The quantitative estimate of drug-likeness (QED) is 0.275. The zero-order valence-corrected chi connectivity index (χ0v) is 21.9. The van der Waals surface area contributed by atoms with Crippen LogP contribution in [-0.4, -0.2) is 66.5 Å². The lowest BCUT2D eigenvalue weighted by Gasteiger charge is -2.32. The molecule has 5 N–H and O–H groups in total. The van der Waals surface area contributed by atoms with Crippen LogP contribution in [0.3, 0.4) is 0 Å². The number of alkyl halides is 3. The van der Waals surface area contributed by atoms with Gasteiger partial charge in [0.1, 0.15) is 11.7 Å². The van der Waals surface area contributed by atoms with Crippen LogP contribution in [0.1, 0.15) is 35.8 Å². The molecule has 15 heteroatoms. The highest BCUT2D eigenvalue weighted by Crippen LogP contribution is 2.36. The SMILES string of the molecule is C[C@H](NC(=O)c1ccc(Nc2nccn3c(-c4cn[nH]c4C(F)(F)F)cnc23)cc1Cl)C(=O)N1CCC(N)CC1. The minimum Gasteiger partial charge on any atom is -0.341 e. The number of fused-ring (bicyclic) bond motifs is 1. The molecule has 0 radical (unpaired) electrons. The van der Waals surface area contributed by atoms with E-state index in [0.717, 1.165) is 6.20 Å². The second-order valence-corrected chi connectivity index (χ2v) is 9.85. The number of likely N-dealkylation sites (tertiary alicyclic amines) is 1. The van der Waals surface area contributed by atoms with Crippen molar-refractivity contribution in [2.24, 2.45) is 5.73 Å². The lowest BCUT2D eigenvalue weighted by atomic mass is 10.1. The number of rotatable bonds is 6. The van der Waals surface area contributed by atoms with E-state index in [-0.39, 0.29) is 45.3 Å². The third-order valence-electron chi connectivity index (χ3n) is 6.67. The van der Waals surface area contributed by atoms with Crippen LogP contribution in [0.25, 0.3) is 16.9 Å². The largest absolute Gasteiger partial charge is 0.433 e. The lowest BCUT2D eigenvalue weighted by Crippen LogP contribution is -2.50. The summed E-state index contributed by atoms with van der Waals surface area (Å²) in [5, 5.41) is 11.4. The molecule has 0 aliphatic carbocycles. The summed E-state index contributed by atoms with van der Waals surface area (Å²) < 4.78 is 41.6. The van der Waals surface area contributed by atoms with Crippen LogP contribution < -0.4 is 16.4 Å². The number of nitrogens with two attached hydrogens (primary N) is 1. The average Bonchev–Trinajstić information content (AvgIpc) is 3.56. The second-order valence-electron chi connectivity index (χ2n) is 9.45. The molecule has 0 spiro atoms. The van der Waals surface area contributed by atoms with E-state index in [1.807, 2.05) is 5.10 Å². The number of halogens is 4. The van der Waals surface area contributed by atoms with Crippen molar-refractivity contribution in [3.05, 3.63) is 59.3 Å². The number of nitrogens with zero attached hydrogens (tertiary/aromatic N) is 5. The highest BCUT2D eigenvalue weighted by molar-refractivity contribution is 6.34. The first-order valence-corrected chi connectivity index (χ1v) is 12.8. The first kappa shape index (κ1) is 27.4. The maximum absolute atomic E-state index is 13.4. The summed E-state index contributed by atoms with van der Waals surface area (Å²) in [7, 11) is 0. The third-order valence-corrected chi connectivity index (χ3v) is 6.99. The molecule has 5 rings (SSSR count). The molecular weight excluding hydrogens is 551 g/mol. The fraction of sp³-hybridized carbons (Fsp3) is 0.320. The first-order chi connectivity index (χ1) is 19.0. The van der Waals surface area contributed by atoms with Crippen LogP contribution in [0.2, 0.25) is 5.02 Å². The van der Waals surface area contributed by atoms with E-state index >= 15 is 0 Å². The number of nitrogens with one attached hydrogen (secondary N) is 3. The molecule has 0 unspecified atom stereocenters. The molecule has 4 heterocycles. The Morgan fingerprint density at radius 2 is 1.95 bits per heavy atom. The molecule has 2 amide bonds. The lowest BCUT2D eigenvalue weighted by molar-refractivity contribution is -0.140. The first-order valence-electron chi connectivity index (χ1n) is 12.4. The van der Waals surface area contributed by atoms with Crippen LogP contribution in [0.5, 0.6) is 0 Å². The maximum atomic E-state index is 13.4. The second kappa shape index (κ2) is 10.8. The number of aromatic nitrogens is 5. The van der Waals surface area contributed by atoms with E-state index < -0.39 is 23.8 Å². The van der Waals surface area contributed by atoms with Crippen molar-refractivity contribution in [3.8, 4) is 11.3 Å². The molecule has 1 aromatic carbocycles. The van der Waals surface area contributed by atoms with Gasteiger partial charge in [-0.2, -0.15) is 18.3 Å². The van der Waals surface area contributed by atoms with Gasteiger partial charge in [0.25, 0.3) is 5.91 Å². The van der Waals surface area contributed by atoms with Gasteiger partial charge in [-0.3, -0.25) is 19.1 Å². The highest BCUT2D eigenvalue weighted by Gasteiger charge is 2.36. The Kier molecular flexibility index (Phi) is 7.38. The third kappa shape index (κ3) is 5.45. The fourth-order valence-corrected chi connectivity index (χ4v) is 4.81. The Labute approximate surface area is 230 Å². The molecule has 0 bridgehead atoms. The number of hydrogen-bond acceptors (Lipinski definition) is 7. The molecule has 210 valence electrons. The molecule has 1 atom stereocenters. The van der Waals surface area contributed by atoms with Gasteiger partial charge in [0, 0.05) is 37.2 Å². The zero-order valence-electron chi connectivity index (χ0n) is 21.2. The number of piperidine rings is 1. The number of imidazole rings is 1. The van der Waals surface area contributed by atoms with E-state index in [2.05, 4.69) is 25.7 Å². The average molecular weight is 576 g/mol. The minimum absolute atomic E-state index is 0.0799. The molecule has 4 aromatic rings. The Balaban J connectivity index is 1.31. The number of benzene rings is 1. The number of carbonyl (C=O) groups is 2. The maximum Gasteiger partial charge on any atom is 0.433 e. The van der Waals surface area contributed by atoms with Gasteiger partial charge in [0.2, 0.25) is 5.91 Å². The molecule has 11 nitrogen and oxygen atoms in total. The summed E-state index contributed by atoms with van der Waals surface area (Å²) in [5.41, 5.74) is 5.81. The number of carbonyl (C=O) groups excluding carboxylic acids is 2. The number of H-pyrrole nitrogens is 1. The summed E-state index contributed by atoms with van der Waals surface area (Å²) in [6.07, 6.45) is 2.08. The van der Waals surface area contributed by atoms with E-state index in [0.29, 0.717) is 31.6 Å². The molecule has 1 saturated heterocycles. The summed E-state index contributed by atoms with van der Waals surface area (Å²) in [5.74, 6) is -0.449.